The molecule has 0 aliphatic heterocycles. The summed E-state index contributed by atoms with van der Waals surface area (Å²) in [6, 6.07) is 3.09. The minimum Gasteiger partial charge on any atom is -0.487 e. The lowest BCUT2D eigenvalue weighted by atomic mass is 10.0. The Hall–Kier alpha value is -1.20. The molecule has 0 bridgehead atoms. The molecule has 0 radical (unpaired) electrons. The number of nitrogens with two attached hydrogens (primary N) is 1. The maximum atomic E-state index is 13.3. The third kappa shape index (κ3) is 2.73. The molecule has 0 spiro atoms. The highest BCUT2D eigenvalue weighted by Gasteiger charge is 2.36. The van der Waals surface area contributed by atoms with E-state index in [0.717, 1.165) is 18.2 Å². The predicted octanol–water partition coefficient (Wildman–Crippen LogP) is 1.59. The zero-order valence-corrected chi connectivity index (χ0v) is 9.33. The van der Waals surface area contributed by atoms with E-state index in [1.807, 2.05) is 0 Å². The van der Waals surface area contributed by atoms with Gasteiger partial charge in [-0.25, -0.2) is 8.78 Å². The van der Waals surface area contributed by atoms with Crippen LogP contribution in [0.25, 0.3) is 0 Å². The van der Waals surface area contributed by atoms with E-state index in [0.29, 0.717) is 19.3 Å². The Morgan fingerprint density at radius 3 is 2.88 bits per heavy atom. The van der Waals surface area contributed by atoms with E-state index in [-0.39, 0.29) is 18.5 Å². The third-order valence-electron chi connectivity index (χ3n) is 3.10. The molecule has 1 saturated carbocycles. The molecule has 2 atom stereocenters. The van der Waals surface area contributed by atoms with Crippen molar-refractivity contribution in [1.82, 2.24) is 0 Å². The van der Waals surface area contributed by atoms with E-state index in [2.05, 4.69) is 0 Å². The number of benzene rings is 1. The van der Waals surface area contributed by atoms with Crippen LogP contribution in [0.5, 0.6) is 5.75 Å². The number of aliphatic hydroxyl groups is 1. The van der Waals surface area contributed by atoms with Gasteiger partial charge in [0.05, 0.1) is 6.61 Å². The maximum absolute atomic E-state index is 13.3. The van der Waals surface area contributed by atoms with Crippen molar-refractivity contribution in [2.45, 2.75) is 30.9 Å². The van der Waals surface area contributed by atoms with E-state index in [9.17, 15) is 8.78 Å². The number of hydrogen-bond acceptors (Lipinski definition) is 3. The van der Waals surface area contributed by atoms with E-state index in [1.165, 1.54) is 0 Å². The molecule has 1 fully saturated rings. The summed E-state index contributed by atoms with van der Waals surface area (Å²) in [6.07, 6.45) is 1.42. The minimum absolute atomic E-state index is 0.0998. The fourth-order valence-electron chi connectivity index (χ4n) is 2.10. The molecular weight excluding hydrogens is 228 g/mol. The Kier molecular flexibility index (Phi) is 3.31. The Labute approximate surface area is 98.2 Å². The van der Waals surface area contributed by atoms with Crippen LogP contribution in [0.4, 0.5) is 8.78 Å². The fraction of sp³-hybridized carbons (Fsp3) is 0.500. The van der Waals surface area contributed by atoms with Crippen molar-refractivity contribution < 1.29 is 18.6 Å². The topological polar surface area (TPSA) is 55.5 Å². The Morgan fingerprint density at radius 2 is 2.24 bits per heavy atom. The van der Waals surface area contributed by atoms with Gasteiger partial charge in [0.1, 0.15) is 11.9 Å². The number of hydrogen-bond donors (Lipinski definition) is 2. The molecule has 0 aromatic heterocycles. The minimum atomic E-state index is -0.658. The smallest absolute Gasteiger partial charge is 0.165 e. The molecular formula is C12H15F2NO2. The van der Waals surface area contributed by atoms with Crippen LogP contribution in [-0.2, 0) is 0 Å². The van der Waals surface area contributed by atoms with Gasteiger partial charge in [0, 0.05) is 18.0 Å². The zero-order valence-electron chi connectivity index (χ0n) is 9.33. The first-order valence-electron chi connectivity index (χ1n) is 5.54. The van der Waals surface area contributed by atoms with Crippen LogP contribution in [0.1, 0.15) is 19.3 Å². The molecule has 1 aliphatic rings. The van der Waals surface area contributed by atoms with Crippen molar-refractivity contribution in [3.05, 3.63) is 29.8 Å². The van der Waals surface area contributed by atoms with Crippen LogP contribution in [-0.4, -0.2) is 23.4 Å². The van der Waals surface area contributed by atoms with E-state index in [4.69, 9.17) is 15.6 Å². The molecule has 3 N–H and O–H groups in total. The summed E-state index contributed by atoms with van der Waals surface area (Å²) in [5.74, 6) is -1.23. The maximum Gasteiger partial charge on any atom is 0.165 e. The summed E-state index contributed by atoms with van der Waals surface area (Å²) in [6.45, 7) is -0.126. The standard InChI is InChI=1S/C12H15F2NO2/c13-8-1-2-10(14)11(5-8)17-9-3-4-12(15,6-9)7-16/h1-2,5,9,16H,3-4,6-7,15H2. The van der Waals surface area contributed by atoms with Gasteiger partial charge in [-0.05, 0) is 25.0 Å². The lowest BCUT2D eigenvalue weighted by Gasteiger charge is -2.21. The van der Waals surface area contributed by atoms with E-state index >= 15 is 0 Å². The highest BCUT2D eigenvalue weighted by Crippen LogP contribution is 2.31. The predicted molar refractivity (Wildman–Crippen MR) is 58.6 cm³/mol. The van der Waals surface area contributed by atoms with Crippen molar-refractivity contribution in [1.29, 1.82) is 0 Å². The zero-order chi connectivity index (χ0) is 12.5. The van der Waals surface area contributed by atoms with Gasteiger partial charge in [0.15, 0.2) is 11.6 Å². The number of aliphatic hydroxyl groups excluding tert-OH is 1. The van der Waals surface area contributed by atoms with Crippen LogP contribution < -0.4 is 10.5 Å². The summed E-state index contributed by atoms with van der Waals surface area (Å²) >= 11 is 0. The lowest BCUT2D eigenvalue weighted by Crippen LogP contribution is -2.41. The van der Waals surface area contributed by atoms with Gasteiger partial charge in [0.2, 0.25) is 0 Å². The van der Waals surface area contributed by atoms with Gasteiger partial charge >= 0.3 is 0 Å². The molecule has 1 aromatic rings. The van der Waals surface area contributed by atoms with E-state index < -0.39 is 17.2 Å². The number of ether oxygens (including phenoxy) is 1. The van der Waals surface area contributed by atoms with Crippen LogP contribution >= 0.6 is 0 Å². The average molecular weight is 243 g/mol. The summed E-state index contributed by atoms with van der Waals surface area (Å²) in [5.41, 5.74) is 5.21. The number of halogens is 2. The summed E-state index contributed by atoms with van der Waals surface area (Å²) < 4.78 is 31.6. The molecule has 2 unspecified atom stereocenters. The normalized spacial score (nSPS) is 28.4. The van der Waals surface area contributed by atoms with Crippen molar-refractivity contribution in [2.24, 2.45) is 5.73 Å². The van der Waals surface area contributed by atoms with E-state index in [1.54, 1.807) is 0 Å². The Morgan fingerprint density at radius 1 is 1.47 bits per heavy atom. The SMILES string of the molecule is NC1(CO)CCC(Oc2cc(F)ccc2F)C1. The first-order valence-corrected chi connectivity index (χ1v) is 5.54. The van der Waals surface area contributed by atoms with Crippen molar-refractivity contribution in [2.75, 3.05) is 6.61 Å². The second-order valence-electron chi connectivity index (χ2n) is 4.58. The van der Waals surface area contributed by atoms with Crippen LogP contribution in [0.3, 0.4) is 0 Å². The summed E-state index contributed by atoms with van der Waals surface area (Å²) in [5, 5.41) is 9.09. The molecule has 3 nitrogen and oxygen atoms in total. The molecule has 0 heterocycles. The molecule has 5 heteroatoms. The van der Waals surface area contributed by atoms with Gasteiger partial charge in [-0.3, -0.25) is 0 Å². The summed E-state index contributed by atoms with van der Waals surface area (Å²) in [7, 11) is 0. The fourth-order valence-corrected chi connectivity index (χ4v) is 2.10. The van der Waals surface area contributed by atoms with Crippen LogP contribution in [0.2, 0.25) is 0 Å². The first kappa shape index (κ1) is 12.3. The largest absolute Gasteiger partial charge is 0.487 e. The number of rotatable bonds is 3. The van der Waals surface area contributed by atoms with Gasteiger partial charge in [-0.15, -0.1) is 0 Å². The monoisotopic (exact) mass is 243 g/mol. The quantitative estimate of drug-likeness (QED) is 0.847. The van der Waals surface area contributed by atoms with Gasteiger partial charge in [-0.2, -0.15) is 0 Å². The van der Waals surface area contributed by atoms with Crippen LogP contribution in [0, 0.1) is 11.6 Å². The first-order chi connectivity index (χ1) is 8.02. The molecule has 1 aromatic carbocycles. The molecule has 2 rings (SSSR count). The van der Waals surface area contributed by atoms with Crippen molar-refractivity contribution in [3.8, 4) is 5.75 Å². The Balaban J connectivity index is 2.05. The highest BCUT2D eigenvalue weighted by molar-refractivity contribution is 5.25. The summed E-state index contributed by atoms with van der Waals surface area (Å²) in [4.78, 5) is 0. The third-order valence-corrected chi connectivity index (χ3v) is 3.10. The van der Waals surface area contributed by atoms with Gasteiger partial charge in [-0.1, -0.05) is 0 Å². The van der Waals surface area contributed by atoms with Crippen LogP contribution in [0.15, 0.2) is 18.2 Å². The van der Waals surface area contributed by atoms with Gasteiger partial charge in [0.25, 0.3) is 0 Å². The lowest BCUT2D eigenvalue weighted by molar-refractivity contribution is 0.161. The molecule has 0 saturated heterocycles. The molecule has 0 amide bonds. The average Bonchev–Trinajstić information content (AvgIpc) is 2.67. The molecule has 1 aliphatic carbocycles. The second-order valence-corrected chi connectivity index (χ2v) is 4.58. The Bertz CT molecular complexity index is 413. The molecule has 94 valence electrons. The van der Waals surface area contributed by atoms with Crippen molar-refractivity contribution >= 4 is 0 Å². The second kappa shape index (κ2) is 4.58. The van der Waals surface area contributed by atoms with Crippen molar-refractivity contribution in [3.63, 3.8) is 0 Å². The van der Waals surface area contributed by atoms with Gasteiger partial charge < -0.3 is 15.6 Å². The molecule has 17 heavy (non-hydrogen) atoms. The highest BCUT2D eigenvalue weighted by atomic mass is 19.1.